The van der Waals surface area contributed by atoms with Gasteiger partial charge in [0.2, 0.25) is 5.91 Å². The predicted molar refractivity (Wildman–Crippen MR) is 47.0 cm³/mol. The van der Waals surface area contributed by atoms with Crippen molar-refractivity contribution < 1.29 is 9.53 Å². The predicted octanol–water partition coefficient (Wildman–Crippen LogP) is 1.05. The van der Waals surface area contributed by atoms with Crippen molar-refractivity contribution in [3.8, 4) is 0 Å². The molecule has 0 saturated carbocycles. The molecule has 0 aromatic heterocycles. The third-order valence-corrected chi connectivity index (χ3v) is 1.40. The number of rotatable bonds is 6. The van der Waals surface area contributed by atoms with E-state index in [1.54, 1.807) is 0 Å². The van der Waals surface area contributed by atoms with Crippen molar-refractivity contribution >= 4 is 11.8 Å². The number of hydrogen-bond donors (Lipinski definition) is 2. The van der Waals surface area contributed by atoms with Gasteiger partial charge in [0, 0.05) is 12.8 Å². The number of carbonyl (C=O) groups is 1. The zero-order valence-electron chi connectivity index (χ0n) is 7.43. The van der Waals surface area contributed by atoms with Gasteiger partial charge in [0.15, 0.2) is 5.90 Å². The van der Waals surface area contributed by atoms with Gasteiger partial charge < -0.3 is 10.5 Å². The van der Waals surface area contributed by atoms with Gasteiger partial charge in [0.05, 0.1) is 6.61 Å². The van der Waals surface area contributed by atoms with E-state index in [4.69, 9.17) is 15.9 Å². The molecule has 4 heteroatoms. The molecule has 12 heavy (non-hydrogen) atoms. The van der Waals surface area contributed by atoms with Crippen LogP contribution in [0, 0.1) is 5.41 Å². The zero-order valence-corrected chi connectivity index (χ0v) is 7.43. The second kappa shape index (κ2) is 6.64. The summed E-state index contributed by atoms with van der Waals surface area (Å²) in [7, 11) is 0. The van der Waals surface area contributed by atoms with Crippen molar-refractivity contribution in [3.05, 3.63) is 0 Å². The van der Waals surface area contributed by atoms with Crippen molar-refractivity contribution in [3.63, 3.8) is 0 Å². The quantitative estimate of drug-likeness (QED) is 0.357. The minimum Gasteiger partial charge on any atom is -0.481 e. The summed E-state index contributed by atoms with van der Waals surface area (Å²) in [6.07, 6.45) is 2.53. The van der Waals surface area contributed by atoms with Gasteiger partial charge in [-0.3, -0.25) is 10.2 Å². The van der Waals surface area contributed by atoms with E-state index in [0.29, 0.717) is 25.3 Å². The topological polar surface area (TPSA) is 76.2 Å². The lowest BCUT2D eigenvalue weighted by atomic mass is 10.2. The van der Waals surface area contributed by atoms with Crippen molar-refractivity contribution in [2.75, 3.05) is 6.61 Å². The van der Waals surface area contributed by atoms with Gasteiger partial charge >= 0.3 is 0 Å². The molecular formula is C8H16N2O2. The molecule has 0 heterocycles. The van der Waals surface area contributed by atoms with Crippen molar-refractivity contribution in [2.24, 2.45) is 5.73 Å². The molecule has 4 nitrogen and oxygen atoms in total. The van der Waals surface area contributed by atoms with Crippen LogP contribution in [0.5, 0.6) is 0 Å². The molecule has 0 unspecified atom stereocenters. The highest BCUT2D eigenvalue weighted by Crippen LogP contribution is 2.00. The Bertz CT molecular complexity index is 157. The van der Waals surface area contributed by atoms with E-state index in [1.807, 2.05) is 6.92 Å². The molecule has 0 bridgehead atoms. The Morgan fingerprint density at radius 3 is 2.50 bits per heavy atom. The second-order valence-corrected chi connectivity index (χ2v) is 2.53. The first-order valence-corrected chi connectivity index (χ1v) is 4.15. The van der Waals surface area contributed by atoms with E-state index in [1.165, 1.54) is 0 Å². The molecule has 3 N–H and O–H groups in total. The molecule has 0 aliphatic rings. The molecule has 0 aliphatic heterocycles. The lowest BCUT2D eigenvalue weighted by molar-refractivity contribution is -0.118. The van der Waals surface area contributed by atoms with Crippen LogP contribution >= 0.6 is 0 Å². The standard InChI is InChI=1S/C8H16N2O2/c1-2-12-8(10)6-4-3-5-7(9)11/h10H,2-6H2,1H3,(H2,9,11). The van der Waals surface area contributed by atoms with Gasteiger partial charge in [-0.25, -0.2) is 0 Å². The van der Waals surface area contributed by atoms with Gasteiger partial charge in [0.25, 0.3) is 0 Å². The molecule has 0 radical (unpaired) electrons. The SMILES string of the molecule is CCOC(=N)CCCCC(N)=O. The molecule has 0 rings (SSSR count). The first kappa shape index (κ1) is 10.9. The number of nitrogens with two attached hydrogens (primary N) is 1. The summed E-state index contributed by atoms with van der Waals surface area (Å²) in [4.78, 5) is 10.3. The molecular weight excluding hydrogens is 156 g/mol. The number of ether oxygens (including phenoxy) is 1. The highest BCUT2D eigenvalue weighted by atomic mass is 16.5. The number of unbranched alkanes of at least 4 members (excludes halogenated alkanes) is 1. The Balaban J connectivity index is 3.19. The van der Waals surface area contributed by atoms with E-state index in [9.17, 15) is 4.79 Å². The summed E-state index contributed by atoms with van der Waals surface area (Å²) >= 11 is 0. The lowest BCUT2D eigenvalue weighted by Crippen LogP contribution is -2.10. The Labute approximate surface area is 72.6 Å². The number of primary amides is 1. The van der Waals surface area contributed by atoms with Crippen LogP contribution in [0.4, 0.5) is 0 Å². The number of carbonyl (C=O) groups excluding carboxylic acids is 1. The molecule has 0 atom stereocenters. The second-order valence-electron chi connectivity index (χ2n) is 2.53. The van der Waals surface area contributed by atoms with Gasteiger partial charge in [-0.2, -0.15) is 0 Å². The number of hydrogen-bond acceptors (Lipinski definition) is 3. The van der Waals surface area contributed by atoms with E-state index in [0.717, 1.165) is 12.8 Å². The molecule has 0 fully saturated rings. The van der Waals surface area contributed by atoms with Crippen LogP contribution in [0.2, 0.25) is 0 Å². The van der Waals surface area contributed by atoms with Gasteiger partial charge in [0.1, 0.15) is 0 Å². The monoisotopic (exact) mass is 172 g/mol. The third-order valence-electron chi connectivity index (χ3n) is 1.40. The maximum atomic E-state index is 10.3. The highest BCUT2D eigenvalue weighted by molar-refractivity contribution is 5.74. The van der Waals surface area contributed by atoms with Crippen LogP contribution in [0.1, 0.15) is 32.6 Å². The Kier molecular flexibility index (Phi) is 6.05. The maximum absolute atomic E-state index is 10.3. The van der Waals surface area contributed by atoms with Gasteiger partial charge in [-0.05, 0) is 19.8 Å². The molecule has 0 saturated heterocycles. The van der Waals surface area contributed by atoms with E-state index >= 15 is 0 Å². The van der Waals surface area contributed by atoms with E-state index in [2.05, 4.69) is 0 Å². The fraction of sp³-hybridized carbons (Fsp3) is 0.750. The average Bonchev–Trinajstić information content (AvgIpc) is 1.98. The third kappa shape index (κ3) is 7.05. The summed E-state index contributed by atoms with van der Waals surface area (Å²) in [5, 5.41) is 7.24. The smallest absolute Gasteiger partial charge is 0.217 e. The van der Waals surface area contributed by atoms with Crippen LogP contribution in [-0.2, 0) is 9.53 Å². The fourth-order valence-corrected chi connectivity index (χ4v) is 0.831. The van der Waals surface area contributed by atoms with Gasteiger partial charge in [-0.1, -0.05) is 0 Å². The van der Waals surface area contributed by atoms with Crippen molar-refractivity contribution in [1.29, 1.82) is 5.41 Å². The van der Waals surface area contributed by atoms with Crippen molar-refractivity contribution in [2.45, 2.75) is 32.6 Å². The minimum atomic E-state index is -0.280. The Morgan fingerprint density at radius 1 is 1.42 bits per heavy atom. The molecule has 1 amide bonds. The van der Waals surface area contributed by atoms with Crippen LogP contribution in [-0.4, -0.2) is 18.4 Å². The van der Waals surface area contributed by atoms with E-state index in [-0.39, 0.29) is 5.91 Å². The largest absolute Gasteiger partial charge is 0.481 e. The van der Waals surface area contributed by atoms with Crippen molar-refractivity contribution in [1.82, 2.24) is 0 Å². The van der Waals surface area contributed by atoms with E-state index < -0.39 is 0 Å². The van der Waals surface area contributed by atoms with Crippen LogP contribution < -0.4 is 5.73 Å². The number of amides is 1. The molecule has 0 spiro atoms. The van der Waals surface area contributed by atoms with Crippen LogP contribution in [0.15, 0.2) is 0 Å². The average molecular weight is 172 g/mol. The normalized spacial score (nSPS) is 9.42. The Morgan fingerprint density at radius 2 is 2.00 bits per heavy atom. The lowest BCUT2D eigenvalue weighted by Gasteiger charge is -2.03. The molecule has 0 aliphatic carbocycles. The Hall–Kier alpha value is -1.06. The summed E-state index contributed by atoms with van der Waals surface area (Å²) in [5.41, 5.74) is 4.94. The summed E-state index contributed by atoms with van der Waals surface area (Å²) in [6.45, 7) is 2.38. The minimum absolute atomic E-state index is 0.280. The number of nitrogens with one attached hydrogen (secondary N) is 1. The summed E-state index contributed by atoms with van der Waals surface area (Å²) in [6, 6.07) is 0. The molecule has 70 valence electrons. The van der Waals surface area contributed by atoms with Crippen LogP contribution in [0.3, 0.4) is 0 Å². The fourth-order valence-electron chi connectivity index (χ4n) is 0.831. The summed E-state index contributed by atoms with van der Waals surface area (Å²) < 4.78 is 4.92. The maximum Gasteiger partial charge on any atom is 0.217 e. The highest BCUT2D eigenvalue weighted by Gasteiger charge is 1.98. The van der Waals surface area contributed by atoms with Crippen LogP contribution in [0.25, 0.3) is 0 Å². The zero-order chi connectivity index (χ0) is 9.40. The molecule has 0 aromatic rings. The van der Waals surface area contributed by atoms with Gasteiger partial charge in [-0.15, -0.1) is 0 Å². The first-order valence-electron chi connectivity index (χ1n) is 4.15. The first-order chi connectivity index (χ1) is 5.66. The molecule has 0 aromatic carbocycles. The summed E-state index contributed by atoms with van der Waals surface area (Å²) in [5.74, 6) is 0.0138.